The second-order valence-electron chi connectivity index (χ2n) is 4.25. The second-order valence-corrected chi connectivity index (χ2v) is 4.25. The maximum atomic E-state index is 11.8. The van der Waals surface area contributed by atoms with Gasteiger partial charge < -0.3 is 15.7 Å². The van der Waals surface area contributed by atoms with Crippen molar-refractivity contribution in [2.24, 2.45) is 0 Å². The molecule has 7 heteroatoms. The van der Waals surface area contributed by atoms with Gasteiger partial charge in [0.25, 0.3) is 5.91 Å². The fourth-order valence-electron chi connectivity index (χ4n) is 1.77. The van der Waals surface area contributed by atoms with Gasteiger partial charge in [-0.15, -0.1) is 0 Å². The van der Waals surface area contributed by atoms with E-state index in [1.54, 1.807) is 0 Å². The molecular formula is C12H13N3O4. The Morgan fingerprint density at radius 2 is 2.21 bits per heavy atom. The zero-order valence-corrected chi connectivity index (χ0v) is 10.0. The lowest BCUT2D eigenvalue weighted by atomic mass is 10.1. The SMILES string of the molecule is O=C1CCC(NC(=O)c2ccc(C(=O)O)cn2)CN1. The van der Waals surface area contributed by atoms with Crippen molar-refractivity contribution in [1.82, 2.24) is 15.6 Å². The molecule has 100 valence electrons. The third-order valence-electron chi connectivity index (χ3n) is 2.84. The molecular weight excluding hydrogens is 250 g/mol. The topological polar surface area (TPSA) is 108 Å². The fraction of sp³-hybridized carbons (Fsp3) is 0.333. The van der Waals surface area contributed by atoms with Gasteiger partial charge in [-0.25, -0.2) is 4.79 Å². The summed E-state index contributed by atoms with van der Waals surface area (Å²) in [5, 5.41) is 14.1. The Morgan fingerprint density at radius 1 is 1.42 bits per heavy atom. The molecule has 0 spiro atoms. The summed E-state index contributed by atoms with van der Waals surface area (Å²) in [5.74, 6) is -1.48. The number of rotatable bonds is 3. The van der Waals surface area contributed by atoms with Crippen LogP contribution in [0.5, 0.6) is 0 Å². The van der Waals surface area contributed by atoms with E-state index in [0.717, 1.165) is 6.20 Å². The Hall–Kier alpha value is -2.44. The number of aromatic carboxylic acids is 1. The molecule has 1 aliphatic heterocycles. The van der Waals surface area contributed by atoms with Crippen LogP contribution >= 0.6 is 0 Å². The number of hydrogen-bond acceptors (Lipinski definition) is 4. The Balaban J connectivity index is 1.96. The van der Waals surface area contributed by atoms with Crippen LogP contribution in [0, 0.1) is 0 Å². The zero-order chi connectivity index (χ0) is 13.8. The maximum absolute atomic E-state index is 11.8. The number of nitrogens with one attached hydrogen (secondary N) is 2. The predicted octanol–water partition coefficient (Wildman–Crippen LogP) is -0.212. The molecule has 0 radical (unpaired) electrons. The predicted molar refractivity (Wildman–Crippen MR) is 64.7 cm³/mol. The van der Waals surface area contributed by atoms with Gasteiger partial charge in [-0.05, 0) is 18.6 Å². The first-order valence-electron chi connectivity index (χ1n) is 5.83. The van der Waals surface area contributed by atoms with Gasteiger partial charge in [0, 0.05) is 25.2 Å². The van der Waals surface area contributed by atoms with Crippen molar-refractivity contribution in [2.45, 2.75) is 18.9 Å². The lowest BCUT2D eigenvalue weighted by Crippen LogP contribution is -2.47. The number of pyridine rings is 1. The Labute approximate surface area is 109 Å². The number of aromatic nitrogens is 1. The number of nitrogens with zero attached hydrogens (tertiary/aromatic N) is 1. The molecule has 1 unspecified atom stereocenters. The molecule has 0 saturated carbocycles. The third-order valence-corrected chi connectivity index (χ3v) is 2.84. The normalized spacial score (nSPS) is 18.5. The average molecular weight is 263 g/mol. The average Bonchev–Trinajstić information content (AvgIpc) is 2.41. The summed E-state index contributed by atoms with van der Waals surface area (Å²) in [6.45, 7) is 0.401. The van der Waals surface area contributed by atoms with Crippen LogP contribution in [-0.2, 0) is 4.79 Å². The lowest BCUT2D eigenvalue weighted by Gasteiger charge is -2.23. The van der Waals surface area contributed by atoms with E-state index < -0.39 is 5.97 Å². The highest BCUT2D eigenvalue weighted by Gasteiger charge is 2.20. The Kier molecular flexibility index (Phi) is 3.74. The van der Waals surface area contributed by atoms with Gasteiger partial charge >= 0.3 is 5.97 Å². The van der Waals surface area contributed by atoms with Gasteiger partial charge in [-0.3, -0.25) is 14.6 Å². The van der Waals surface area contributed by atoms with Crippen LogP contribution in [0.25, 0.3) is 0 Å². The molecule has 0 aliphatic carbocycles. The van der Waals surface area contributed by atoms with Crippen molar-refractivity contribution in [3.05, 3.63) is 29.6 Å². The van der Waals surface area contributed by atoms with Gasteiger partial charge in [0.1, 0.15) is 5.69 Å². The molecule has 7 nitrogen and oxygen atoms in total. The number of carboxylic acids is 1. The highest BCUT2D eigenvalue weighted by atomic mass is 16.4. The minimum atomic E-state index is -1.09. The highest BCUT2D eigenvalue weighted by Crippen LogP contribution is 2.05. The number of hydrogen-bond donors (Lipinski definition) is 3. The van der Waals surface area contributed by atoms with Gasteiger partial charge in [-0.2, -0.15) is 0 Å². The van der Waals surface area contributed by atoms with Crippen molar-refractivity contribution in [3.63, 3.8) is 0 Å². The number of piperidine rings is 1. The summed E-state index contributed by atoms with van der Waals surface area (Å²) in [6, 6.07) is 2.57. The third kappa shape index (κ3) is 3.27. The Morgan fingerprint density at radius 3 is 2.74 bits per heavy atom. The van der Waals surface area contributed by atoms with Crippen LogP contribution in [0.2, 0.25) is 0 Å². The van der Waals surface area contributed by atoms with Crippen LogP contribution < -0.4 is 10.6 Å². The van der Waals surface area contributed by atoms with Crippen LogP contribution in [0.4, 0.5) is 0 Å². The zero-order valence-electron chi connectivity index (χ0n) is 10.0. The van der Waals surface area contributed by atoms with E-state index in [2.05, 4.69) is 15.6 Å². The summed E-state index contributed by atoms with van der Waals surface area (Å²) >= 11 is 0. The molecule has 0 bridgehead atoms. The molecule has 3 N–H and O–H groups in total. The van der Waals surface area contributed by atoms with E-state index in [9.17, 15) is 14.4 Å². The number of carbonyl (C=O) groups is 3. The molecule has 1 aromatic heterocycles. The minimum absolute atomic E-state index is 0.0190. The van der Waals surface area contributed by atoms with E-state index in [1.807, 2.05) is 0 Å². The lowest BCUT2D eigenvalue weighted by molar-refractivity contribution is -0.122. The van der Waals surface area contributed by atoms with E-state index in [-0.39, 0.29) is 29.1 Å². The first-order valence-corrected chi connectivity index (χ1v) is 5.83. The molecule has 1 aliphatic rings. The Bertz CT molecular complexity index is 502. The second kappa shape index (κ2) is 5.47. The summed E-state index contributed by atoms with van der Waals surface area (Å²) in [7, 11) is 0. The summed E-state index contributed by atoms with van der Waals surface area (Å²) in [6.07, 6.45) is 2.11. The van der Waals surface area contributed by atoms with Gasteiger partial charge in [-0.1, -0.05) is 0 Å². The van der Waals surface area contributed by atoms with E-state index in [4.69, 9.17) is 5.11 Å². The van der Waals surface area contributed by atoms with Crippen LogP contribution in [0.3, 0.4) is 0 Å². The van der Waals surface area contributed by atoms with E-state index in [1.165, 1.54) is 12.1 Å². The molecule has 19 heavy (non-hydrogen) atoms. The molecule has 0 aromatic carbocycles. The summed E-state index contributed by atoms with van der Waals surface area (Å²) in [4.78, 5) is 37.3. The van der Waals surface area contributed by atoms with Gasteiger partial charge in [0.2, 0.25) is 5.91 Å². The van der Waals surface area contributed by atoms with Crippen molar-refractivity contribution < 1.29 is 19.5 Å². The molecule has 2 amide bonds. The van der Waals surface area contributed by atoms with E-state index >= 15 is 0 Å². The molecule has 1 aromatic rings. The first kappa shape index (κ1) is 13.0. The van der Waals surface area contributed by atoms with Crippen molar-refractivity contribution in [1.29, 1.82) is 0 Å². The van der Waals surface area contributed by atoms with Crippen LogP contribution in [0.1, 0.15) is 33.7 Å². The largest absolute Gasteiger partial charge is 0.478 e. The fourth-order valence-corrected chi connectivity index (χ4v) is 1.77. The van der Waals surface area contributed by atoms with Gasteiger partial charge in [0.15, 0.2) is 0 Å². The molecule has 1 fully saturated rings. The standard InChI is InChI=1S/C12H13N3O4/c16-10-4-2-8(6-14-10)15-11(17)9-3-1-7(5-13-9)12(18)19/h1,3,5,8H,2,4,6H2,(H,14,16)(H,15,17)(H,18,19). The summed E-state index contributed by atoms with van der Waals surface area (Å²) in [5.41, 5.74) is 0.184. The highest BCUT2D eigenvalue weighted by molar-refractivity contribution is 5.94. The molecule has 1 saturated heterocycles. The quantitative estimate of drug-likeness (QED) is 0.699. The monoisotopic (exact) mass is 263 g/mol. The number of carboxylic acid groups (broad SMARTS) is 1. The molecule has 2 heterocycles. The smallest absolute Gasteiger partial charge is 0.337 e. The number of amides is 2. The summed E-state index contributed by atoms with van der Waals surface area (Å²) < 4.78 is 0. The van der Waals surface area contributed by atoms with Crippen LogP contribution in [0.15, 0.2) is 18.3 Å². The van der Waals surface area contributed by atoms with Gasteiger partial charge in [0.05, 0.1) is 5.56 Å². The number of carbonyl (C=O) groups excluding carboxylic acids is 2. The molecule has 1 atom stereocenters. The van der Waals surface area contributed by atoms with E-state index in [0.29, 0.717) is 19.4 Å². The maximum Gasteiger partial charge on any atom is 0.337 e. The minimum Gasteiger partial charge on any atom is -0.478 e. The van der Waals surface area contributed by atoms with Crippen molar-refractivity contribution in [3.8, 4) is 0 Å². The first-order chi connectivity index (χ1) is 9.06. The van der Waals surface area contributed by atoms with Crippen molar-refractivity contribution in [2.75, 3.05) is 6.54 Å². The van der Waals surface area contributed by atoms with Crippen molar-refractivity contribution >= 4 is 17.8 Å². The van der Waals surface area contributed by atoms with Crippen LogP contribution in [-0.4, -0.2) is 40.5 Å². The molecule has 2 rings (SSSR count).